The van der Waals surface area contributed by atoms with E-state index in [2.05, 4.69) is 15.5 Å². The minimum Gasteiger partial charge on any atom is -0.494 e. The molecule has 1 amide bonds. The molecule has 1 heterocycles. The number of amides is 1. The molecular weight excluding hydrogens is 369 g/mol. The summed E-state index contributed by atoms with van der Waals surface area (Å²) in [5, 5.41) is 12.1. The first-order chi connectivity index (χ1) is 13.1. The van der Waals surface area contributed by atoms with Crippen LogP contribution in [0, 0.1) is 5.82 Å². The average Bonchev–Trinajstić information content (AvgIpc) is 3.15. The topological polar surface area (TPSA) is 73.1 Å². The number of aromatic nitrogens is 4. The first kappa shape index (κ1) is 18.8. The van der Waals surface area contributed by atoms with Crippen molar-refractivity contribution in [1.82, 2.24) is 25.1 Å². The van der Waals surface area contributed by atoms with E-state index in [0.717, 1.165) is 5.69 Å². The molecule has 0 bridgehead atoms. The first-order valence-electron chi connectivity index (χ1n) is 8.11. The van der Waals surface area contributed by atoms with Crippen molar-refractivity contribution in [2.24, 2.45) is 0 Å². The molecule has 2 aromatic carbocycles. The maximum Gasteiger partial charge on any atom is 0.233 e. The van der Waals surface area contributed by atoms with Crippen LogP contribution < -0.4 is 4.74 Å². The number of tetrazole rings is 1. The molecular formula is C18H18FN5O2S. The summed E-state index contributed by atoms with van der Waals surface area (Å²) >= 11 is 1.25. The number of rotatable bonds is 7. The highest BCUT2D eigenvalue weighted by molar-refractivity contribution is 7.99. The van der Waals surface area contributed by atoms with Gasteiger partial charge in [-0.05, 0) is 40.3 Å². The number of nitrogens with zero attached hydrogens (tertiary/aromatic N) is 5. The van der Waals surface area contributed by atoms with E-state index in [0.29, 0.717) is 17.3 Å². The summed E-state index contributed by atoms with van der Waals surface area (Å²) < 4.78 is 20.3. The summed E-state index contributed by atoms with van der Waals surface area (Å²) in [6, 6.07) is 14.1. The lowest BCUT2D eigenvalue weighted by molar-refractivity contribution is -0.127. The molecule has 7 nitrogen and oxygen atoms in total. The van der Waals surface area contributed by atoms with Crippen molar-refractivity contribution in [3.8, 4) is 11.4 Å². The Morgan fingerprint density at radius 2 is 2.04 bits per heavy atom. The Labute approximate surface area is 160 Å². The molecule has 0 spiro atoms. The molecule has 3 rings (SSSR count). The molecule has 0 atom stereocenters. The molecule has 0 radical (unpaired) electrons. The number of hydrogen-bond donors (Lipinski definition) is 0. The van der Waals surface area contributed by atoms with E-state index in [1.807, 2.05) is 30.3 Å². The normalized spacial score (nSPS) is 10.6. The van der Waals surface area contributed by atoms with Crippen LogP contribution >= 0.6 is 11.8 Å². The van der Waals surface area contributed by atoms with Gasteiger partial charge in [-0.15, -0.1) is 5.10 Å². The van der Waals surface area contributed by atoms with Crippen molar-refractivity contribution >= 4 is 17.7 Å². The van der Waals surface area contributed by atoms with E-state index in [-0.39, 0.29) is 17.4 Å². The SMILES string of the molecule is COc1ccc(CN(C)C(=O)CSc2nnnn2-c2ccccc2)cc1F. The average molecular weight is 387 g/mol. The van der Waals surface area contributed by atoms with E-state index >= 15 is 0 Å². The highest BCUT2D eigenvalue weighted by atomic mass is 32.2. The molecule has 0 aliphatic carbocycles. The monoisotopic (exact) mass is 387 g/mol. The molecule has 0 N–H and O–H groups in total. The molecule has 9 heteroatoms. The largest absolute Gasteiger partial charge is 0.494 e. The van der Waals surface area contributed by atoms with Gasteiger partial charge in [0.1, 0.15) is 0 Å². The van der Waals surface area contributed by atoms with Gasteiger partial charge in [0, 0.05) is 13.6 Å². The van der Waals surface area contributed by atoms with E-state index < -0.39 is 5.82 Å². The summed E-state index contributed by atoms with van der Waals surface area (Å²) in [4.78, 5) is 13.9. The summed E-state index contributed by atoms with van der Waals surface area (Å²) in [5.41, 5.74) is 1.50. The van der Waals surface area contributed by atoms with Crippen LogP contribution in [0.2, 0.25) is 0 Å². The Kier molecular flexibility index (Phi) is 6.02. The standard InChI is InChI=1S/C18H18FN5O2S/c1-23(11-13-8-9-16(26-2)15(19)10-13)17(25)12-27-18-20-21-22-24(18)14-6-4-3-5-7-14/h3-10H,11-12H2,1-2H3. The minimum absolute atomic E-state index is 0.112. The maximum absolute atomic E-state index is 13.8. The van der Waals surface area contributed by atoms with Crippen LogP contribution in [0.4, 0.5) is 4.39 Å². The Bertz CT molecular complexity index is 919. The summed E-state index contributed by atoms with van der Waals surface area (Å²) in [5.74, 6) is -0.218. The lowest BCUT2D eigenvalue weighted by Crippen LogP contribution is -2.28. The van der Waals surface area contributed by atoms with Gasteiger partial charge >= 0.3 is 0 Å². The molecule has 3 aromatic rings. The van der Waals surface area contributed by atoms with Gasteiger partial charge in [-0.3, -0.25) is 4.79 Å². The molecule has 27 heavy (non-hydrogen) atoms. The van der Waals surface area contributed by atoms with E-state index in [9.17, 15) is 9.18 Å². The number of halogens is 1. The van der Waals surface area contributed by atoms with Crippen molar-refractivity contribution < 1.29 is 13.9 Å². The lowest BCUT2D eigenvalue weighted by Gasteiger charge is -2.17. The highest BCUT2D eigenvalue weighted by Gasteiger charge is 2.15. The number of hydrogen-bond acceptors (Lipinski definition) is 6. The molecule has 0 fully saturated rings. The molecule has 0 aliphatic heterocycles. The van der Waals surface area contributed by atoms with Crippen molar-refractivity contribution in [2.45, 2.75) is 11.7 Å². The Morgan fingerprint density at radius 3 is 2.74 bits per heavy atom. The van der Waals surface area contributed by atoms with E-state index in [1.165, 1.54) is 29.8 Å². The van der Waals surface area contributed by atoms with Crippen LogP contribution in [-0.4, -0.2) is 50.9 Å². The van der Waals surface area contributed by atoms with Crippen LogP contribution in [0.5, 0.6) is 5.75 Å². The number of carbonyl (C=O) groups is 1. The number of thioether (sulfide) groups is 1. The Hall–Kier alpha value is -2.94. The van der Waals surface area contributed by atoms with Crippen LogP contribution in [0.15, 0.2) is 53.7 Å². The van der Waals surface area contributed by atoms with Crippen molar-refractivity contribution in [2.75, 3.05) is 19.9 Å². The number of para-hydroxylation sites is 1. The van der Waals surface area contributed by atoms with Crippen LogP contribution in [0.3, 0.4) is 0 Å². The summed E-state index contributed by atoms with van der Waals surface area (Å²) in [6.45, 7) is 0.296. The molecule has 0 saturated heterocycles. The quantitative estimate of drug-likeness (QED) is 0.580. The molecule has 140 valence electrons. The van der Waals surface area contributed by atoms with Gasteiger partial charge in [0.05, 0.1) is 18.6 Å². The van der Waals surface area contributed by atoms with Gasteiger partial charge in [-0.1, -0.05) is 36.0 Å². The number of benzene rings is 2. The first-order valence-corrected chi connectivity index (χ1v) is 9.10. The second-order valence-corrected chi connectivity index (χ2v) is 6.66. The second-order valence-electron chi connectivity index (χ2n) is 5.72. The fourth-order valence-electron chi connectivity index (χ4n) is 2.41. The maximum atomic E-state index is 13.8. The highest BCUT2D eigenvalue weighted by Crippen LogP contribution is 2.20. The van der Waals surface area contributed by atoms with Gasteiger partial charge in [-0.2, -0.15) is 4.68 Å². The van der Waals surface area contributed by atoms with E-state index in [1.54, 1.807) is 23.9 Å². The van der Waals surface area contributed by atoms with Crippen molar-refractivity contribution in [3.63, 3.8) is 0 Å². The fraction of sp³-hybridized carbons (Fsp3) is 0.222. The zero-order chi connectivity index (χ0) is 19.2. The third-order valence-electron chi connectivity index (χ3n) is 3.83. The lowest BCUT2D eigenvalue weighted by atomic mass is 10.2. The smallest absolute Gasteiger partial charge is 0.233 e. The minimum atomic E-state index is -0.452. The zero-order valence-corrected chi connectivity index (χ0v) is 15.7. The number of methoxy groups -OCH3 is 1. The van der Waals surface area contributed by atoms with Gasteiger partial charge in [-0.25, -0.2) is 4.39 Å². The van der Waals surface area contributed by atoms with Gasteiger partial charge in [0.2, 0.25) is 11.1 Å². The molecule has 0 aliphatic rings. The number of carbonyl (C=O) groups excluding carboxylic acids is 1. The number of ether oxygens (including phenoxy) is 1. The summed E-state index contributed by atoms with van der Waals surface area (Å²) in [7, 11) is 3.08. The van der Waals surface area contributed by atoms with Gasteiger partial charge in [0.15, 0.2) is 11.6 Å². The van der Waals surface area contributed by atoms with Gasteiger partial charge in [0.25, 0.3) is 0 Å². The van der Waals surface area contributed by atoms with E-state index in [4.69, 9.17) is 4.74 Å². The van der Waals surface area contributed by atoms with Crippen LogP contribution in [-0.2, 0) is 11.3 Å². The third-order valence-corrected chi connectivity index (χ3v) is 4.73. The van der Waals surface area contributed by atoms with Gasteiger partial charge < -0.3 is 9.64 Å². The predicted molar refractivity (Wildman–Crippen MR) is 99.3 cm³/mol. The summed E-state index contributed by atoms with van der Waals surface area (Å²) in [6.07, 6.45) is 0. The Morgan fingerprint density at radius 1 is 1.26 bits per heavy atom. The molecule has 0 saturated carbocycles. The third kappa shape index (κ3) is 4.62. The van der Waals surface area contributed by atoms with Crippen LogP contribution in [0.1, 0.15) is 5.56 Å². The van der Waals surface area contributed by atoms with Crippen LogP contribution in [0.25, 0.3) is 5.69 Å². The Balaban J connectivity index is 1.60. The predicted octanol–water partition coefficient (Wildman–Crippen LogP) is 2.56. The fourth-order valence-corrected chi connectivity index (χ4v) is 3.24. The second kappa shape index (κ2) is 8.63. The van der Waals surface area contributed by atoms with Crippen molar-refractivity contribution in [1.29, 1.82) is 0 Å². The zero-order valence-electron chi connectivity index (χ0n) is 14.9. The molecule has 1 aromatic heterocycles. The van der Waals surface area contributed by atoms with Crippen molar-refractivity contribution in [3.05, 3.63) is 59.9 Å². The molecule has 0 unspecified atom stereocenters.